The number of hydrogen-bond acceptors (Lipinski definition) is 5. The number of nitrogens with zero attached hydrogens (tertiary/aromatic N) is 3. The predicted octanol–water partition coefficient (Wildman–Crippen LogP) is 2.58. The van der Waals surface area contributed by atoms with Gasteiger partial charge in [0.05, 0.1) is 11.6 Å². The minimum Gasteiger partial charge on any atom is -0.356 e. The van der Waals surface area contributed by atoms with Crippen molar-refractivity contribution >= 4 is 16.5 Å². The van der Waals surface area contributed by atoms with Crippen LogP contribution in [0.2, 0.25) is 0 Å². The largest absolute Gasteiger partial charge is 0.356 e. The van der Waals surface area contributed by atoms with E-state index in [2.05, 4.69) is 28.5 Å². The first-order valence-corrected chi connectivity index (χ1v) is 6.18. The average molecular weight is 244 g/mol. The van der Waals surface area contributed by atoms with Gasteiger partial charge in [0.1, 0.15) is 5.01 Å². The molecule has 1 aromatic carbocycles. The molecule has 5 heteroatoms. The molecule has 1 heterocycles. The molecule has 0 amide bonds. The van der Waals surface area contributed by atoms with Crippen LogP contribution in [-0.4, -0.2) is 10.2 Å². The van der Waals surface area contributed by atoms with Crippen molar-refractivity contribution in [1.82, 2.24) is 10.2 Å². The van der Waals surface area contributed by atoms with Gasteiger partial charge in [0.2, 0.25) is 5.13 Å². The van der Waals surface area contributed by atoms with Gasteiger partial charge in [0, 0.05) is 6.54 Å². The first-order chi connectivity index (χ1) is 8.31. The molecule has 2 rings (SSSR count). The van der Waals surface area contributed by atoms with E-state index >= 15 is 0 Å². The second kappa shape index (κ2) is 5.41. The fraction of sp³-hybridized carbons (Fsp3) is 0.250. The van der Waals surface area contributed by atoms with Crippen LogP contribution < -0.4 is 5.32 Å². The lowest BCUT2D eigenvalue weighted by Crippen LogP contribution is -1.99. The molecule has 1 N–H and O–H groups in total. The molecule has 4 nitrogen and oxygen atoms in total. The number of aromatic nitrogens is 2. The molecule has 0 aliphatic rings. The molecule has 0 radical (unpaired) electrons. The summed E-state index contributed by atoms with van der Waals surface area (Å²) in [6.07, 6.45) is 0.906. The maximum Gasteiger partial charge on any atom is 0.205 e. The van der Waals surface area contributed by atoms with Crippen LogP contribution in [0.4, 0.5) is 5.13 Å². The topological polar surface area (TPSA) is 61.6 Å². The molecule has 0 saturated heterocycles. The molecular formula is C12H12N4S. The van der Waals surface area contributed by atoms with Crippen LogP contribution in [0.1, 0.15) is 23.1 Å². The number of nitriles is 1. The summed E-state index contributed by atoms with van der Waals surface area (Å²) < 4.78 is 0. The van der Waals surface area contributed by atoms with Gasteiger partial charge in [0.25, 0.3) is 0 Å². The van der Waals surface area contributed by atoms with Crippen LogP contribution in [0, 0.1) is 11.3 Å². The third-order valence-corrected chi connectivity index (χ3v) is 3.29. The molecule has 0 saturated carbocycles. The minimum atomic E-state index is 0.661. The second-order valence-electron chi connectivity index (χ2n) is 3.52. The zero-order chi connectivity index (χ0) is 12.1. The Morgan fingerprint density at radius 2 is 2.29 bits per heavy atom. The van der Waals surface area contributed by atoms with Crippen molar-refractivity contribution in [2.75, 3.05) is 5.32 Å². The standard InChI is InChI=1S/C12H12N4S/c1-2-11-15-16-12(17-11)14-8-10-5-3-4-9(6-10)7-13/h3-6H,2,8H2,1H3,(H,14,16). The van der Waals surface area contributed by atoms with Crippen molar-refractivity contribution in [3.8, 4) is 6.07 Å². The zero-order valence-electron chi connectivity index (χ0n) is 9.47. The van der Waals surface area contributed by atoms with Crippen molar-refractivity contribution in [2.45, 2.75) is 19.9 Å². The molecule has 2 aromatic rings. The predicted molar refractivity (Wildman–Crippen MR) is 67.8 cm³/mol. The summed E-state index contributed by atoms with van der Waals surface area (Å²) >= 11 is 1.56. The van der Waals surface area contributed by atoms with Crippen LogP contribution >= 0.6 is 11.3 Å². The summed E-state index contributed by atoms with van der Waals surface area (Å²) in [4.78, 5) is 0. The minimum absolute atomic E-state index is 0.661. The summed E-state index contributed by atoms with van der Waals surface area (Å²) in [5, 5.41) is 21.9. The van der Waals surface area contributed by atoms with Gasteiger partial charge in [0.15, 0.2) is 0 Å². The summed E-state index contributed by atoms with van der Waals surface area (Å²) in [6.45, 7) is 2.72. The van der Waals surface area contributed by atoms with Crippen LogP contribution in [0.5, 0.6) is 0 Å². The zero-order valence-corrected chi connectivity index (χ0v) is 10.3. The molecule has 0 aliphatic carbocycles. The van der Waals surface area contributed by atoms with Gasteiger partial charge < -0.3 is 5.32 Å². The molecule has 0 aliphatic heterocycles. The number of aryl methyl sites for hydroxylation is 1. The monoisotopic (exact) mass is 244 g/mol. The van der Waals surface area contributed by atoms with E-state index in [0.717, 1.165) is 22.1 Å². The lowest BCUT2D eigenvalue weighted by molar-refractivity contribution is 0.975. The Hall–Kier alpha value is -1.93. The Labute approximate surface area is 104 Å². The van der Waals surface area contributed by atoms with Crippen molar-refractivity contribution < 1.29 is 0 Å². The molecule has 0 spiro atoms. The Morgan fingerprint density at radius 3 is 3.00 bits per heavy atom. The van der Waals surface area contributed by atoms with Crippen molar-refractivity contribution in [1.29, 1.82) is 5.26 Å². The van der Waals surface area contributed by atoms with Crippen molar-refractivity contribution in [2.24, 2.45) is 0 Å². The smallest absolute Gasteiger partial charge is 0.205 e. The highest BCUT2D eigenvalue weighted by atomic mass is 32.1. The highest BCUT2D eigenvalue weighted by Crippen LogP contribution is 2.16. The number of hydrogen-bond donors (Lipinski definition) is 1. The quantitative estimate of drug-likeness (QED) is 0.898. The van der Waals surface area contributed by atoms with Gasteiger partial charge in [-0.3, -0.25) is 0 Å². The van der Waals surface area contributed by atoms with Crippen molar-refractivity contribution in [3.63, 3.8) is 0 Å². The van der Waals surface area contributed by atoms with Gasteiger partial charge in [-0.05, 0) is 24.1 Å². The maximum absolute atomic E-state index is 8.79. The van der Waals surface area contributed by atoms with Gasteiger partial charge >= 0.3 is 0 Å². The molecule has 1 aromatic heterocycles. The molecule has 0 fully saturated rings. The Balaban J connectivity index is 1.99. The Bertz CT molecular complexity index is 541. The summed E-state index contributed by atoms with van der Waals surface area (Å²) in [7, 11) is 0. The van der Waals surface area contributed by atoms with E-state index < -0.39 is 0 Å². The molecule has 86 valence electrons. The van der Waals surface area contributed by atoms with E-state index in [9.17, 15) is 0 Å². The summed E-state index contributed by atoms with van der Waals surface area (Å²) in [5.41, 5.74) is 1.74. The normalized spacial score (nSPS) is 9.88. The van der Waals surface area contributed by atoms with E-state index in [-0.39, 0.29) is 0 Å². The van der Waals surface area contributed by atoms with Crippen molar-refractivity contribution in [3.05, 3.63) is 40.4 Å². The molecule has 17 heavy (non-hydrogen) atoms. The fourth-order valence-electron chi connectivity index (χ4n) is 1.40. The number of anilines is 1. The van der Waals surface area contributed by atoms with Crippen LogP contribution in [0.15, 0.2) is 24.3 Å². The Morgan fingerprint density at radius 1 is 1.41 bits per heavy atom. The fourth-order valence-corrected chi connectivity index (χ4v) is 2.07. The van der Waals surface area contributed by atoms with Crippen LogP contribution in [-0.2, 0) is 13.0 Å². The molecule has 0 bridgehead atoms. The van der Waals surface area contributed by atoms with E-state index in [0.29, 0.717) is 12.1 Å². The summed E-state index contributed by atoms with van der Waals surface area (Å²) in [5.74, 6) is 0. The highest BCUT2D eigenvalue weighted by molar-refractivity contribution is 7.15. The number of rotatable bonds is 4. The number of nitrogens with one attached hydrogen (secondary N) is 1. The Kier molecular flexibility index (Phi) is 3.68. The highest BCUT2D eigenvalue weighted by Gasteiger charge is 2.01. The van der Waals surface area contributed by atoms with E-state index in [4.69, 9.17) is 5.26 Å². The van der Waals surface area contributed by atoms with Gasteiger partial charge in [-0.2, -0.15) is 5.26 Å². The third-order valence-electron chi connectivity index (χ3n) is 2.27. The molecule has 0 atom stereocenters. The van der Waals surface area contributed by atoms with E-state index in [1.54, 1.807) is 17.4 Å². The first-order valence-electron chi connectivity index (χ1n) is 5.37. The van der Waals surface area contributed by atoms with Gasteiger partial charge in [-0.25, -0.2) is 0 Å². The lowest BCUT2D eigenvalue weighted by atomic mass is 10.1. The molecule has 0 unspecified atom stereocenters. The lowest BCUT2D eigenvalue weighted by Gasteiger charge is -2.02. The maximum atomic E-state index is 8.79. The van der Waals surface area contributed by atoms with E-state index in [1.165, 1.54) is 0 Å². The van der Waals surface area contributed by atoms with Crippen LogP contribution in [0.3, 0.4) is 0 Å². The molecular weight excluding hydrogens is 232 g/mol. The number of benzene rings is 1. The SMILES string of the molecule is CCc1nnc(NCc2cccc(C#N)c2)s1. The third kappa shape index (κ3) is 3.02. The van der Waals surface area contributed by atoms with Gasteiger partial charge in [-0.1, -0.05) is 30.4 Å². The first kappa shape index (κ1) is 11.6. The van der Waals surface area contributed by atoms with Crippen LogP contribution in [0.25, 0.3) is 0 Å². The van der Waals surface area contributed by atoms with E-state index in [1.807, 2.05) is 18.2 Å². The second-order valence-corrected chi connectivity index (χ2v) is 4.58. The average Bonchev–Trinajstić information content (AvgIpc) is 2.84. The van der Waals surface area contributed by atoms with Gasteiger partial charge in [-0.15, -0.1) is 10.2 Å². The summed E-state index contributed by atoms with van der Waals surface area (Å²) in [6, 6.07) is 9.65.